The Morgan fingerprint density at radius 3 is 2.59 bits per heavy atom. The van der Waals surface area contributed by atoms with E-state index >= 15 is 0 Å². The van der Waals surface area contributed by atoms with E-state index in [2.05, 4.69) is 29.5 Å². The van der Waals surface area contributed by atoms with E-state index in [9.17, 15) is 8.42 Å². The molecule has 0 aliphatic rings. The highest BCUT2D eigenvalue weighted by Gasteiger charge is 2.19. The molecule has 0 saturated heterocycles. The molecule has 2 N–H and O–H groups in total. The van der Waals surface area contributed by atoms with E-state index in [1.807, 2.05) is 13.0 Å². The van der Waals surface area contributed by atoms with Crippen molar-refractivity contribution in [2.24, 2.45) is 4.99 Å². The zero-order valence-corrected chi connectivity index (χ0v) is 15.5. The van der Waals surface area contributed by atoms with Crippen LogP contribution in [0.15, 0.2) is 21.3 Å². The van der Waals surface area contributed by atoms with Crippen molar-refractivity contribution in [3.63, 3.8) is 0 Å². The van der Waals surface area contributed by atoms with Gasteiger partial charge < -0.3 is 10.6 Å². The van der Waals surface area contributed by atoms with Gasteiger partial charge in [0.25, 0.3) is 10.0 Å². The van der Waals surface area contributed by atoms with E-state index in [0.29, 0.717) is 16.8 Å². The van der Waals surface area contributed by atoms with Gasteiger partial charge in [0.15, 0.2) is 5.96 Å². The predicted molar refractivity (Wildman–Crippen MR) is 92.9 cm³/mol. The standard InChI is InChI=1S/C14H26N4O2S2/c1-6-11(3)17-14(15-7-2)16-10-12-8-9-13(21-12)22(19,20)18(4)5/h8-9,11H,6-7,10H2,1-5H3,(H2,15,16,17). The fourth-order valence-electron chi connectivity index (χ4n) is 1.57. The third-order valence-corrected chi connectivity index (χ3v) is 6.46. The highest BCUT2D eigenvalue weighted by atomic mass is 32.2. The first-order valence-corrected chi connectivity index (χ1v) is 9.63. The maximum atomic E-state index is 12.0. The summed E-state index contributed by atoms with van der Waals surface area (Å²) in [5.41, 5.74) is 0. The van der Waals surface area contributed by atoms with Crippen molar-refractivity contribution >= 4 is 27.3 Å². The number of thiophene rings is 1. The molecule has 0 spiro atoms. The highest BCUT2D eigenvalue weighted by molar-refractivity contribution is 7.91. The van der Waals surface area contributed by atoms with Gasteiger partial charge in [0.1, 0.15) is 4.21 Å². The lowest BCUT2D eigenvalue weighted by Crippen LogP contribution is -2.41. The van der Waals surface area contributed by atoms with Gasteiger partial charge >= 0.3 is 0 Å². The molecule has 8 heteroatoms. The first kappa shape index (κ1) is 18.9. The zero-order chi connectivity index (χ0) is 16.8. The fraction of sp³-hybridized carbons (Fsp3) is 0.643. The molecule has 1 aromatic rings. The van der Waals surface area contributed by atoms with Gasteiger partial charge in [0.2, 0.25) is 0 Å². The Hall–Kier alpha value is -1.12. The molecule has 1 aromatic heterocycles. The number of hydrogen-bond donors (Lipinski definition) is 2. The minimum Gasteiger partial charge on any atom is -0.357 e. The van der Waals surface area contributed by atoms with Crippen molar-refractivity contribution < 1.29 is 8.42 Å². The van der Waals surface area contributed by atoms with Crippen LogP contribution in [0.2, 0.25) is 0 Å². The Morgan fingerprint density at radius 2 is 2.05 bits per heavy atom. The van der Waals surface area contributed by atoms with Crippen LogP contribution >= 0.6 is 11.3 Å². The van der Waals surface area contributed by atoms with E-state index in [-0.39, 0.29) is 0 Å². The minimum absolute atomic E-state index is 0.339. The summed E-state index contributed by atoms with van der Waals surface area (Å²) < 4.78 is 25.7. The molecule has 6 nitrogen and oxygen atoms in total. The van der Waals surface area contributed by atoms with Crippen molar-refractivity contribution in [2.45, 2.75) is 44.0 Å². The molecule has 0 saturated carbocycles. The van der Waals surface area contributed by atoms with E-state index in [0.717, 1.165) is 23.8 Å². The highest BCUT2D eigenvalue weighted by Crippen LogP contribution is 2.24. The molecule has 0 aliphatic heterocycles. The first-order valence-electron chi connectivity index (χ1n) is 7.37. The zero-order valence-electron chi connectivity index (χ0n) is 13.9. The van der Waals surface area contributed by atoms with Crippen LogP contribution in [0.1, 0.15) is 32.1 Å². The molecular weight excluding hydrogens is 320 g/mol. The molecule has 1 heterocycles. The molecule has 0 fully saturated rings. The number of rotatable bonds is 7. The summed E-state index contributed by atoms with van der Waals surface area (Å²) in [6.07, 6.45) is 1.01. The Balaban J connectivity index is 2.81. The lowest BCUT2D eigenvalue weighted by atomic mass is 10.3. The first-order chi connectivity index (χ1) is 10.3. The van der Waals surface area contributed by atoms with E-state index < -0.39 is 10.0 Å². The van der Waals surface area contributed by atoms with E-state index in [1.54, 1.807) is 6.07 Å². The van der Waals surface area contributed by atoms with Gasteiger partial charge in [-0.2, -0.15) is 0 Å². The number of nitrogens with one attached hydrogen (secondary N) is 2. The van der Waals surface area contributed by atoms with Crippen molar-refractivity contribution in [3.8, 4) is 0 Å². The van der Waals surface area contributed by atoms with Crippen LogP contribution in [0.5, 0.6) is 0 Å². The van der Waals surface area contributed by atoms with Gasteiger partial charge in [-0.25, -0.2) is 17.7 Å². The Labute approximate surface area is 137 Å². The second kappa shape index (κ2) is 8.50. The number of nitrogens with zero attached hydrogens (tertiary/aromatic N) is 2. The molecule has 0 aromatic carbocycles. The van der Waals surface area contributed by atoms with Gasteiger partial charge in [0, 0.05) is 31.6 Å². The number of hydrogen-bond acceptors (Lipinski definition) is 4. The topological polar surface area (TPSA) is 73.8 Å². The van der Waals surface area contributed by atoms with Crippen molar-refractivity contribution in [3.05, 3.63) is 17.0 Å². The minimum atomic E-state index is -3.36. The largest absolute Gasteiger partial charge is 0.357 e. The van der Waals surface area contributed by atoms with Crippen molar-refractivity contribution in [1.82, 2.24) is 14.9 Å². The van der Waals surface area contributed by atoms with Gasteiger partial charge in [-0.05, 0) is 32.4 Å². The average Bonchev–Trinajstić information content (AvgIpc) is 2.94. The van der Waals surface area contributed by atoms with Gasteiger partial charge in [0.05, 0.1) is 6.54 Å². The van der Waals surface area contributed by atoms with Crippen LogP contribution in [0.4, 0.5) is 0 Å². The molecular formula is C14H26N4O2S2. The average molecular weight is 347 g/mol. The van der Waals surface area contributed by atoms with Crippen LogP contribution in [0, 0.1) is 0 Å². The van der Waals surface area contributed by atoms with Crippen molar-refractivity contribution in [1.29, 1.82) is 0 Å². The Morgan fingerprint density at radius 1 is 1.36 bits per heavy atom. The lowest BCUT2D eigenvalue weighted by Gasteiger charge is -2.15. The Kier molecular flexibility index (Phi) is 7.31. The lowest BCUT2D eigenvalue weighted by molar-refractivity contribution is 0.523. The van der Waals surface area contributed by atoms with Gasteiger partial charge in [-0.15, -0.1) is 11.3 Å². The Bertz CT molecular complexity index is 594. The molecule has 126 valence electrons. The van der Waals surface area contributed by atoms with Crippen LogP contribution in [0.25, 0.3) is 0 Å². The second-order valence-electron chi connectivity index (χ2n) is 5.16. The predicted octanol–water partition coefficient (Wildman–Crippen LogP) is 1.85. The summed E-state index contributed by atoms with van der Waals surface area (Å²) in [7, 11) is -0.288. The molecule has 0 radical (unpaired) electrons. The summed E-state index contributed by atoms with van der Waals surface area (Å²) in [6.45, 7) is 7.46. The summed E-state index contributed by atoms with van der Waals surface area (Å²) >= 11 is 1.26. The van der Waals surface area contributed by atoms with Crippen LogP contribution in [-0.4, -0.2) is 45.4 Å². The second-order valence-corrected chi connectivity index (χ2v) is 8.70. The molecule has 0 amide bonds. The third kappa shape index (κ3) is 5.26. The van der Waals surface area contributed by atoms with Gasteiger partial charge in [-0.3, -0.25) is 0 Å². The fourth-order valence-corrected chi connectivity index (χ4v) is 4.02. The number of sulfonamides is 1. The quantitative estimate of drug-likeness (QED) is 0.584. The molecule has 1 unspecified atom stereocenters. The van der Waals surface area contributed by atoms with Gasteiger partial charge in [-0.1, -0.05) is 6.92 Å². The van der Waals surface area contributed by atoms with Crippen LogP contribution < -0.4 is 10.6 Å². The maximum absolute atomic E-state index is 12.0. The number of aliphatic imine (C=N–C) groups is 1. The summed E-state index contributed by atoms with van der Waals surface area (Å²) in [5, 5.41) is 6.50. The van der Waals surface area contributed by atoms with Crippen LogP contribution in [0.3, 0.4) is 0 Å². The summed E-state index contributed by atoms with van der Waals surface area (Å²) in [6, 6.07) is 3.79. The molecule has 1 atom stereocenters. The monoisotopic (exact) mass is 346 g/mol. The van der Waals surface area contributed by atoms with E-state index in [1.165, 1.54) is 29.7 Å². The van der Waals surface area contributed by atoms with Crippen LogP contribution in [-0.2, 0) is 16.6 Å². The SMILES string of the molecule is CCNC(=NCc1ccc(S(=O)(=O)N(C)C)s1)NC(C)CC. The normalized spacial score (nSPS) is 14.2. The molecule has 0 bridgehead atoms. The molecule has 1 rings (SSSR count). The number of guanidine groups is 1. The summed E-state index contributed by atoms with van der Waals surface area (Å²) in [5.74, 6) is 0.752. The smallest absolute Gasteiger partial charge is 0.252 e. The maximum Gasteiger partial charge on any atom is 0.252 e. The van der Waals surface area contributed by atoms with Crippen molar-refractivity contribution in [2.75, 3.05) is 20.6 Å². The summed E-state index contributed by atoms with van der Waals surface area (Å²) in [4.78, 5) is 5.43. The molecule has 22 heavy (non-hydrogen) atoms. The third-order valence-electron chi connectivity index (χ3n) is 3.10. The van der Waals surface area contributed by atoms with E-state index in [4.69, 9.17) is 0 Å². The molecule has 0 aliphatic carbocycles.